The Morgan fingerprint density at radius 1 is 0.386 bits per heavy atom. The predicted octanol–water partition coefficient (Wildman–Crippen LogP) is 14.2. The lowest BCUT2D eigenvalue weighted by molar-refractivity contribution is 0.669. The second-order valence-electron chi connectivity index (χ2n) is 14.9. The van der Waals surface area contributed by atoms with E-state index in [1.54, 1.807) is 0 Å². The van der Waals surface area contributed by atoms with Crippen LogP contribution in [0, 0.1) is 0 Å². The van der Waals surface area contributed by atoms with E-state index in [-0.39, 0.29) is 0 Å². The molecule has 0 saturated carbocycles. The summed E-state index contributed by atoms with van der Waals surface area (Å²) in [6.07, 6.45) is 0. The van der Waals surface area contributed by atoms with Gasteiger partial charge >= 0.3 is 0 Å². The molecule has 0 radical (unpaired) electrons. The topological polar surface area (TPSA) is 57.0 Å². The Kier molecular flexibility index (Phi) is 6.10. The van der Waals surface area contributed by atoms with Gasteiger partial charge in [0.05, 0.1) is 27.6 Å². The van der Waals surface area contributed by atoms with E-state index in [2.05, 4.69) is 168 Å². The highest BCUT2D eigenvalue weighted by atomic mass is 16.3. The molecule has 4 aromatic heterocycles. The lowest BCUT2D eigenvalue weighted by Crippen LogP contribution is -2.03. The lowest BCUT2D eigenvalue weighted by atomic mass is 9.95. The molecule has 4 heterocycles. The van der Waals surface area contributed by atoms with Crippen LogP contribution >= 0.6 is 0 Å². The first-order valence-electron chi connectivity index (χ1n) is 19.2. The number of hydrogen-bond donors (Lipinski definition) is 0. The maximum atomic E-state index is 6.98. The second-order valence-corrected chi connectivity index (χ2v) is 14.9. The highest BCUT2D eigenvalue weighted by molar-refractivity contribution is 6.29. The summed E-state index contributed by atoms with van der Waals surface area (Å²) in [4.78, 5) is 10.7. The van der Waals surface area contributed by atoms with Gasteiger partial charge in [-0.1, -0.05) is 127 Å². The van der Waals surface area contributed by atoms with E-state index in [9.17, 15) is 0 Å². The summed E-state index contributed by atoms with van der Waals surface area (Å²) in [5, 5.41) is 12.3. The van der Waals surface area contributed by atoms with Gasteiger partial charge in [0, 0.05) is 37.9 Å². The number of hydrogen-bond acceptors (Lipinski definition) is 4. The fourth-order valence-corrected chi connectivity index (χ4v) is 9.30. The van der Waals surface area contributed by atoms with Crippen LogP contribution in [-0.2, 0) is 0 Å². The van der Waals surface area contributed by atoms with Crippen LogP contribution in [0.25, 0.3) is 126 Å². The molecule has 0 saturated heterocycles. The Labute approximate surface area is 324 Å². The lowest BCUT2D eigenvalue weighted by Gasteiger charge is -2.11. The minimum Gasteiger partial charge on any atom is -0.456 e. The van der Waals surface area contributed by atoms with Gasteiger partial charge in [0.1, 0.15) is 22.3 Å². The number of fused-ring (bicyclic) bond motifs is 15. The average Bonchev–Trinajstić information content (AvgIpc) is 3.95. The van der Waals surface area contributed by atoms with Crippen molar-refractivity contribution < 1.29 is 8.83 Å². The molecule has 264 valence electrons. The van der Waals surface area contributed by atoms with Gasteiger partial charge in [-0.25, -0.2) is 9.97 Å². The Balaban J connectivity index is 1.07. The predicted molar refractivity (Wildman–Crippen MR) is 234 cm³/mol. The molecule has 0 aliphatic carbocycles. The van der Waals surface area contributed by atoms with Gasteiger partial charge in [-0.2, -0.15) is 0 Å². The minimum absolute atomic E-state index is 0.595. The second kappa shape index (κ2) is 11.4. The van der Waals surface area contributed by atoms with E-state index in [4.69, 9.17) is 18.8 Å². The molecule has 0 fully saturated rings. The SMILES string of the molecule is c1ccc(-c2cc3oc4c(ccc5c4c4ccccc4n5-c4nc(-c5ccc6c(c5)oc5ccc7ccccc7c56)c5ccccc5n4)c3c3ccccc23)cc1. The first-order chi connectivity index (χ1) is 28.3. The molecule has 0 unspecified atom stereocenters. The van der Waals surface area contributed by atoms with Crippen molar-refractivity contribution in [2.24, 2.45) is 0 Å². The summed E-state index contributed by atoms with van der Waals surface area (Å²) in [6, 6.07) is 61.7. The van der Waals surface area contributed by atoms with Crippen LogP contribution in [0.1, 0.15) is 0 Å². The van der Waals surface area contributed by atoms with Gasteiger partial charge in [0.15, 0.2) is 0 Å². The fraction of sp³-hybridized carbons (Fsp3) is 0. The Morgan fingerprint density at radius 3 is 2.00 bits per heavy atom. The number of rotatable bonds is 3. The first-order valence-corrected chi connectivity index (χ1v) is 19.2. The van der Waals surface area contributed by atoms with Crippen molar-refractivity contribution in [2.75, 3.05) is 0 Å². The molecule has 57 heavy (non-hydrogen) atoms. The maximum absolute atomic E-state index is 6.98. The maximum Gasteiger partial charge on any atom is 0.235 e. The molecule has 0 aliphatic heterocycles. The van der Waals surface area contributed by atoms with Crippen LogP contribution in [0.2, 0.25) is 0 Å². The molecule has 13 rings (SSSR count). The van der Waals surface area contributed by atoms with Gasteiger partial charge in [-0.15, -0.1) is 0 Å². The molecule has 0 bridgehead atoms. The molecule has 0 atom stereocenters. The summed E-state index contributed by atoms with van der Waals surface area (Å²) < 4.78 is 15.7. The van der Waals surface area contributed by atoms with Crippen molar-refractivity contribution in [3.63, 3.8) is 0 Å². The van der Waals surface area contributed by atoms with E-state index in [0.717, 1.165) is 99.0 Å². The van der Waals surface area contributed by atoms with Crippen molar-refractivity contribution in [2.45, 2.75) is 0 Å². The molecule has 13 aromatic rings. The monoisotopic (exact) mass is 727 g/mol. The van der Waals surface area contributed by atoms with Crippen LogP contribution in [0.3, 0.4) is 0 Å². The average molecular weight is 728 g/mol. The highest BCUT2D eigenvalue weighted by Crippen LogP contribution is 2.45. The molecule has 5 nitrogen and oxygen atoms in total. The third-order valence-electron chi connectivity index (χ3n) is 11.8. The molecule has 5 heteroatoms. The van der Waals surface area contributed by atoms with Crippen molar-refractivity contribution in [3.05, 3.63) is 176 Å². The highest BCUT2D eigenvalue weighted by Gasteiger charge is 2.23. The zero-order valence-corrected chi connectivity index (χ0v) is 30.4. The Morgan fingerprint density at radius 2 is 1.11 bits per heavy atom. The van der Waals surface area contributed by atoms with Crippen LogP contribution in [-0.4, -0.2) is 14.5 Å². The quantitative estimate of drug-likeness (QED) is 0.182. The zero-order valence-electron chi connectivity index (χ0n) is 30.4. The molecular weight excluding hydrogens is 699 g/mol. The summed E-state index contributed by atoms with van der Waals surface area (Å²) in [7, 11) is 0. The van der Waals surface area contributed by atoms with Crippen LogP contribution in [0.15, 0.2) is 185 Å². The largest absolute Gasteiger partial charge is 0.456 e. The normalized spacial score (nSPS) is 12.2. The number of benzene rings is 9. The van der Waals surface area contributed by atoms with E-state index in [1.807, 2.05) is 12.1 Å². The number of nitrogens with zero attached hydrogens (tertiary/aromatic N) is 3. The van der Waals surface area contributed by atoms with Crippen molar-refractivity contribution in [3.8, 4) is 28.3 Å². The summed E-state index contributed by atoms with van der Waals surface area (Å²) in [6.45, 7) is 0. The minimum atomic E-state index is 0.595. The summed E-state index contributed by atoms with van der Waals surface area (Å²) >= 11 is 0. The van der Waals surface area contributed by atoms with Gasteiger partial charge < -0.3 is 8.83 Å². The molecule has 0 aliphatic rings. The number of para-hydroxylation sites is 2. The Bertz CT molecular complexity index is 3820. The number of furan rings is 2. The standard InChI is InChI=1S/C52H29N3O2/c1-2-12-30(13-3-1)40-29-46-48(35-17-7-6-16-34(35)40)39-25-26-43-49(51(39)57-46)37-19-9-11-21-42(37)55(43)52-53-41-20-10-8-18-36(41)50(54-52)32-22-24-38-45(28-32)56-44-27-23-31-14-4-5-15-33(31)47(38)44/h1-29H. The number of aromatic nitrogens is 3. The molecule has 0 spiro atoms. The Hall–Kier alpha value is -7.76. The smallest absolute Gasteiger partial charge is 0.235 e. The summed E-state index contributed by atoms with van der Waals surface area (Å²) in [5.41, 5.74) is 10.4. The third kappa shape index (κ3) is 4.28. The molecule has 9 aromatic carbocycles. The van der Waals surface area contributed by atoms with Gasteiger partial charge in [-0.3, -0.25) is 4.57 Å². The fourth-order valence-electron chi connectivity index (χ4n) is 9.30. The van der Waals surface area contributed by atoms with E-state index < -0.39 is 0 Å². The van der Waals surface area contributed by atoms with E-state index in [0.29, 0.717) is 5.95 Å². The first kappa shape index (κ1) is 30.6. The van der Waals surface area contributed by atoms with E-state index in [1.165, 1.54) is 21.5 Å². The van der Waals surface area contributed by atoms with Crippen molar-refractivity contribution in [1.82, 2.24) is 14.5 Å². The molecular formula is C52H29N3O2. The zero-order chi connectivity index (χ0) is 37.2. The van der Waals surface area contributed by atoms with Gasteiger partial charge in [-0.05, 0) is 81.2 Å². The molecule has 0 amide bonds. The van der Waals surface area contributed by atoms with E-state index >= 15 is 0 Å². The van der Waals surface area contributed by atoms with Crippen molar-refractivity contribution >= 4 is 98.1 Å². The van der Waals surface area contributed by atoms with Crippen LogP contribution in [0.5, 0.6) is 0 Å². The van der Waals surface area contributed by atoms with Gasteiger partial charge in [0.25, 0.3) is 0 Å². The van der Waals surface area contributed by atoms with Crippen LogP contribution in [0.4, 0.5) is 0 Å². The third-order valence-corrected chi connectivity index (χ3v) is 11.8. The summed E-state index contributed by atoms with van der Waals surface area (Å²) in [5.74, 6) is 0.595. The molecule has 0 N–H and O–H groups in total. The van der Waals surface area contributed by atoms with Crippen LogP contribution < -0.4 is 0 Å². The van der Waals surface area contributed by atoms with Crippen molar-refractivity contribution in [1.29, 1.82) is 0 Å². The van der Waals surface area contributed by atoms with Gasteiger partial charge in [0.2, 0.25) is 5.95 Å².